The Balaban J connectivity index is 0.00000112. The molecular weight excluding hydrogens is 214 g/mol. The van der Waals surface area contributed by atoms with Crippen molar-refractivity contribution >= 4 is 12.4 Å². The minimum Gasteiger partial charge on any atom is -0.486 e. The molecule has 0 unspecified atom stereocenters. The lowest BCUT2D eigenvalue weighted by Gasteiger charge is -2.22. The van der Waals surface area contributed by atoms with E-state index in [-0.39, 0.29) is 18.4 Å². The predicted octanol–water partition coefficient (Wildman–Crippen LogP) is 2.07. The summed E-state index contributed by atoms with van der Waals surface area (Å²) in [5, 5.41) is 0. The number of ether oxygens (including phenoxy) is 2. The highest BCUT2D eigenvalue weighted by molar-refractivity contribution is 5.85. The third kappa shape index (κ3) is 2.25. The first-order valence-corrected chi connectivity index (χ1v) is 4.59. The second kappa shape index (κ2) is 5.05. The lowest BCUT2D eigenvalue weighted by molar-refractivity contribution is 0.169. The zero-order valence-electron chi connectivity index (χ0n) is 8.31. The van der Waals surface area contributed by atoms with Crippen molar-refractivity contribution in [3.63, 3.8) is 0 Å². The molecule has 0 fully saturated rings. The monoisotopic (exact) mass is 227 g/mol. The first-order valence-electron chi connectivity index (χ1n) is 4.59. The maximum absolute atomic E-state index is 5.86. The molecule has 0 aliphatic carbocycles. The predicted molar refractivity (Wildman–Crippen MR) is 61.8 cm³/mol. The molecule has 0 radical (unpaired) electrons. The average molecular weight is 228 g/mol. The van der Waals surface area contributed by atoms with Gasteiger partial charge in [0.05, 0.1) is 6.04 Å². The van der Waals surface area contributed by atoms with Crippen LogP contribution in [-0.2, 0) is 0 Å². The van der Waals surface area contributed by atoms with Crippen molar-refractivity contribution in [1.29, 1.82) is 0 Å². The summed E-state index contributed by atoms with van der Waals surface area (Å²) in [7, 11) is 0. The van der Waals surface area contributed by atoms with Crippen molar-refractivity contribution in [2.45, 2.75) is 6.04 Å². The van der Waals surface area contributed by atoms with Gasteiger partial charge in [0.1, 0.15) is 13.2 Å². The van der Waals surface area contributed by atoms with E-state index in [0.29, 0.717) is 13.2 Å². The summed E-state index contributed by atoms with van der Waals surface area (Å²) in [6, 6.07) is 5.52. The quantitative estimate of drug-likeness (QED) is 0.787. The minimum atomic E-state index is -0.202. The van der Waals surface area contributed by atoms with Gasteiger partial charge in [-0.25, -0.2) is 0 Å². The van der Waals surface area contributed by atoms with Crippen LogP contribution in [0, 0.1) is 0 Å². The average Bonchev–Trinajstić information content (AvgIpc) is 2.27. The summed E-state index contributed by atoms with van der Waals surface area (Å²) >= 11 is 0. The Labute approximate surface area is 95.3 Å². The van der Waals surface area contributed by atoms with E-state index in [4.69, 9.17) is 15.2 Å². The van der Waals surface area contributed by atoms with Gasteiger partial charge >= 0.3 is 0 Å². The van der Waals surface area contributed by atoms with Gasteiger partial charge in [0, 0.05) is 5.56 Å². The molecule has 3 nitrogen and oxygen atoms in total. The Bertz CT molecular complexity index is 354. The van der Waals surface area contributed by atoms with E-state index in [1.165, 1.54) is 0 Å². The van der Waals surface area contributed by atoms with Gasteiger partial charge in [0.25, 0.3) is 0 Å². The van der Waals surface area contributed by atoms with Crippen molar-refractivity contribution in [2.75, 3.05) is 13.2 Å². The van der Waals surface area contributed by atoms with Crippen LogP contribution < -0.4 is 15.2 Å². The molecule has 2 N–H and O–H groups in total. The van der Waals surface area contributed by atoms with E-state index in [1.54, 1.807) is 6.08 Å². The maximum Gasteiger partial charge on any atom is 0.166 e. The summed E-state index contributed by atoms with van der Waals surface area (Å²) < 4.78 is 11.0. The SMILES string of the molecule is C=C[C@@H](N)c1cccc2c1OCCO2.Cl. The first kappa shape index (κ1) is 11.9. The minimum absolute atomic E-state index is 0. The van der Waals surface area contributed by atoms with Gasteiger partial charge in [0.2, 0.25) is 0 Å². The van der Waals surface area contributed by atoms with Crippen LogP contribution in [0.1, 0.15) is 11.6 Å². The van der Waals surface area contributed by atoms with Gasteiger partial charge in [-0.15, -0.1) is 19.0 Å². The number of rotatable bonds is 2. The van der Waals surface area contributed by atoms with E-state index < -0.39 is 0 Å². The molecule has 1 heterocycles. The highest BCUT2D eigenvalue weighted by Gasteiger charge is 2.17. The number of fused-ring (bicyclic) bond motifs is 1. The molecule has 0 bridgehead atoms. The van der Waals surface area contributed by atoms with Crippen molar-refractivity contribution in [2.24, 2.45) is 5.73 Å². The van der Waals surface area contributed by atoms with Crippen LogP contribution >= 0.6 is 12.4 Å². The summed E-state index contributed by atoms with van der Waals surface area (Å²) in [4.78, 5) is 0. The van der Waals surface area contributed by atoms with E-state index in [0.717, 1.165) is 17.1 Å². The van der Waals surface area contributed by atoms with Crippen LogP contribution in [0.4, 0.5) is 0 Å². The first-order chi connectivity index (χ1) is 6.83. The fourth-order valence-corrected chi connectivity index (χ4v) is 1.49. The molecule has 1 atom stereocenters. The van der Waals surface area contributed by atoms with E-state index in [1.807, 2.05) is 18.2 Å². The molecule has 0 saturated heterocycles. The zero-order valence-corrected chi connectivity index (χ0v) is 9.13. The third-order valence-corrected chi connectivity index (χ3v) is 2.21. The van der Waals surface area contributed by atoms with Gasteiger partial charge in [-0.05, 0) is 6.07 Å². The van der Waals surface area contributed by atoms with Gasteiger partial charge in [0.15, 0.2) is 11.5 Å². The van der Waals surface area contributed by atoms with Crippen molar-refractivity contribution in [1.82, 2.24) is 0 Å². The molecule has 82 valence electrons. The van der Waals surface area contributed by atoms with Gasteiger partial charge in [-0.1, -0.05) is 18.2 Å². The number of benzene rings is 1. The normalized spacial score (nSPS) is 15.0. The van der Waals surface area contributed by atoms with Crippen LogP contribution in [0.2, 0.25) is 0 Å². The number of para-hydroxylation sites is 1. The number of hydrogen-bond donors (Lipinski definition) is 1. The highest BCUT2D eigenvalue weighted by Crippen LogP contribution is 2.36. The molecular formula is C11H14ClNO2. The van der Waals surface area contributed by atoms with Crippen LogP contribution in [-0.4, -0.2) is 13.2 Å². The van der Waals surface area contributed by atoms with Crippen LogP contribution in [0.15, 0.2) is 30.9 Å². The fourth-order valence-electron chi connectivity index (χ4n) is 1.49. The Morgan fingerprint density at radius 1 is 1.33 bits per heavy atom. The smallest absolute Gasteiger partial charge is 0.166 e. The summed E-state index contributed by atoms with van der Waals surface area (Å²) in [6.45, 7) is 4.84. The van der Waals surface area contributed by atoms with Gasteiger partial charge in [-0.3, -0.25) is 0 Å². The van der Waals surface area contributed by atoms with Crippen molar-refractivity contribution < 1.29 is 9.47 Å². The summed E-state index contributed by atoms with van der Waals surface area (Å²) in [6.07, 6.45) is 1.69. The van der Waals surface area contributed by atoms with Crippen LogP contribution in [0.25, 0.3) is 0 Å². The molecule has 1 aromatic carbocycles. The van der Waals surface area contributed by atoms with Gasteiger partial charge < -0.3 is 15.2 Å². The molecule has 15 heavy (non-hydrogen) atoms. The van der Waals surface area contributed by atoms with Crippen LogP contribution in [0.5, 0.6) is 11.5 Å². The second-order valence-electron chi connectivity index (χ2n) is 3.13. The van der Waals surface area contributed by atoms with Crippen molar-refractivity contribution in [3.05, 3.63) is 36.4 Å². The second-order valence-corrected chi connectivity index (χ2v) is 3.13. The third-order valence-electron chi connectivity index (χ3n) is 2.21. The van der Waals surface area contributed by atoms with Gasteiger partial charge in [-0.2, -0.15) is 0 Å². The summed E-state index contributed by atoms with van der Waals surface area (Å²) in [5.74, 6) is 1.53. The Morgan fingerprint density at radius 3 is 2.80 bits per heavy atom. The highest BCUT2D eigenvalue weighted by atomic mass is 35.5. The Morgan fingerprint density at radius 2 is 2.07 bits per heavy atom. The van der Waals surface area contributed by atoms with E-state index in [9.17, 15) is 0 Å². The molecule has 1 aliphatic rings. The molecule has 0 aromatic heterocycles. The summed E-state index contributed by atoms with van der Waals surface area (Å²) in [5.41, 5.74) is 6.79. The molecule has 0 amide bonds. The topological polar surface area (TPSA) is 44.5 Å². The molecule has 1 aromatic rings. The lowest BCUT2D eigenvalue weighted by Crippen LogP contribution is -2.18. The van der Waals surface area contributed by atoms with E-state index in [2.05, 4.69) is 6.58 Å². The fraction of sp³-hybridized carbons (Fsp3) is 0.273. The zero-order chi connectivity index (χ0) is 9.97. The largest absolute Gasteiger partial charge is 0.486 e. The molecule has 0 saturated carbocycles. The van der Waals surface area contributed by atoms with Crippen molar-refractivity contribution in [3.8, 4) is 11.5 Å². The van der Waals surface area contributed by atoms with E-state index >= 15 is 0 Å². The molecule has 1 aliphatic heterocycles. The standard InChI is InChI=1S/C11H13NO2.ClH/c1-2-9(12)8-4-3-5-10-11(8)14-7-6-13-10;/h2-5,9H,1,6-7,12H2;1H/t9-;/m1./s1. The van der Waals surface area contributed by atoms with Crippen LogP contribution in [0.3, 0.4) is 0 Å². The number of hydrogen-bond acceptors (Lipinski definition) is 3. The lowest BCUT2D eigenvalue weighted by atomic mass is 10.1. The maximum atomic E-state index is 5.86. The number of nitrogens with two attached hydrogens (primary N) is 1. The Kier molecular flexibility index (Phi) is 4.00. The Hall–Kier alpha value is -1.19. The molecule has 2 rings (SSSR count). The molecule has 0 spiro atoms. The molecule has 4 heteroatoms. The number of halogens is 1.